The summed E-state index contributed by atoms with van der Waals surface area (Å²) < 4.78 is 11.2. The van der Waals surface area contributed by atoms with E-state index < -0.39 is 0 Å². The molecule has 3 aromatic carbocycles. The predicted octanol–water partition coefficient (Wildman–Crippen LogP) is 4.98. The van der Waals surface area contributed by atoms with Gasteiger partial charge in [-0.2, -0.15) is 5.10 Å². The molecule has 0 N–H and O–H groups in total. The van der Waals surface area contributed by atoms with Crippen molar-refractivity contribution in [2.24, 2.45) is 5.10 Å². The smallest absolute Gasteiger partial charge is 0.226 e. The molecule has 0 radical (unpaired) electrons. The number of nitrogens with zero attached hydrogens (tertiary/aromatic N) is 2. The summed E-state index contributed by atoms with van der Waals surface area (Å²) >= 11 is 0. The molecule has 0 aliphatic carbocycles. The van der Waals surface area contributed by atoms with Gasteiger partial charge in [0.05, 0.1) is 17.6 Å². The maximum atomic E-state index is 5.88. The van der Waals surface area contributed by atoms with Crippen LogP contribution in [0.1, 0.15) is 12.5 Å². The number of rotatable bonds is 6. The average Bonchev–Trinajstić information content (AvgIpc) is 3.39. The van der Waals surface area contributed by atoms with Gasteiger partial charge in [-0.1, -0.05) is 48.5 Å². The van der Waals surface area contributed by atoms with Crippen molar-refractivity contribution < 1.29 is 9.47 Å². The van der Waals surface area contributed by atoms with Gasteiger partial charge >= 0.3 is 0 Å². The zero-order valence-electron chi connectivity index (χ0n) is 14.5. The Labute approximate surface area is 153 Å². The third-order valence-corrected chi connectivity index (χ3v) is 4.13. The Morgan fingerprint density at radius 3 is 1.96 bits per heavy atom. The molecule has 2 unspecified atom stereocenters. The lowest BCUT2D eigenvalue weighted by Crippen LogP contribution is -2.10. The summed E-state index contributed by atoms with van der Waals surface area (Å²) in [7, 11) is 0. The third kappa shape index (κ3) is 3.76. The van der Waals surface area contributed by atoms with E-state index >= 15 is 0 Å². The highest BCUT2D eigenvalue weighted by Crippen LogP contribution is 2.28. The second-order valence-corrected chi connectivity index (χ2v) is 6.09. The van der Waals surface area contributed by atoms with Crippen molar-refractivity contribution in [3.63, 3.8) is 0 Å². The van der Waals surface area contributed by atoms with E-state index in [0.29, 0.717) is 0 Å². The standard InChI is InChI=1S/C22H20N2O2/c1-17-22(25-17)26-21-15-9-8-10-18(21)16-23-24(19-11-4-2-5-12-19)20-13-6-3-7-14-20/h2-17,22H,1H3. The number of hydrogen-bond donors (Lipinski definition) is 0. The average molecular weight is 344 g/mol. The van der Waals surface area contributed by atoms with Crippen molar-refractivity contribution in [2.75, 3.05) is 5.01 Å². The number of epoxide rings is 1. The van der Waals surface area contributed by atoms with Crippen molar-refractivity contribution in [3.05, 3.63) is 90.5 Å². The van der Waals surface area contributed by atoms with E-state index in [0.717, 1.165) is 22.7 Å². The van der Waals surface area contributed by atoms with Gasteiger partial charge in [-0.25, -0.2) is 5.01 Å². The van der Waals surface area contributed by atoms with Gasteiger partial charge in [0.25, 0.3) is 0 Å². The highest BCUT2D eigenvalue weighted by Gasteiger charge is 2.37. The van der Waals surface area contributed by atoms with E-state index in [1.807, 2.05) is 103 Å². The van der Waals surface area contributed by atoms with Crippen LogP contribution in [0.4, 0.5) is 11.4 Å². The van der Waals surface area contributed by atoms with E-state index in [9.17, 15) is 0 Å². The fraction of sp³-hybridized carbons (Fsp3) is 0.136. The lowest BCUT2D eigenvalue weighted by Gasteiger charge is -2.19. The maximum Gasteiger partial charge on any atom is 0.226 e. The summed E-state index contributed by atoms with van der Waals surface area (Å²) in [6, 6.07) is 28.0. The van der Waals surface area contributed by atoms with Crippen LogP contribution in [0.15, 0.2) is 90.0 Å². The molecule has 0 spiro atoms. The summed E-state index contributed by atoms with van der Waals surface area (Å²) in [5.41, 5.74) is 2.90. The first-order valence-corrected chi connectivity index (χ1v) is 8.66. The third-order valence-electron chi connectivity index (χ3n) is 4.13. The minimum Gasteiger partial charge on any atom is -0.461 e. The van der Waals surface area contributed by atoms with E-state index in [1.54, 1.807) is 0 Å². The Morgan fingerprint density at radius 1 is 0.846 bits per heavy atom. The molecule has 130 valence electrons. The highest BCUT2D eigenvalue weighted by molar-refractivity contribution is 5.85. The molecule has 0 amide bonds. The zero-order chi connectivity index (χ0) is 17.8. The second kappa shape index (κ2) is 7.42. The van der Waals surface area contributed by atoms with Crippen LogP contribution in [0.3, 0.4) is 0 Å². The SMILES string of the molecule is CC1OC1Oc1ccccc1C=NN(c1ccccc1)c1ccccc1. The van der Waals surface area contributed by atoms with Crippen molar-refractivity contribution in [3.8, 4) is 5.75 Å². The first kappa shape index (κ1) is 16.4. The van der Waals surface area contributed by atoms with E-state index in [1.165, 1.54) is 0 Å². The molecule has 1 heterocycles. The Balaban J connectivity index is 1.64. The van der Waals surface area contributed by atoms with E-state index in [2.05, 4.69) is 0 Å². The van der Waals surface area contributed by atoms with Crippen molar-refractivity contribution >= 4 is 17.6 Å². The summed E-state index contributed by atoms with van der Waals surface area (Å²) in [6.07, 6.45) is 1.80. The maximum absolute atomic E-state index is 5.88. The molecule has 1 aliphatic rings. The van der Waals surface area contributed by atoms with Gasteiger partial charge in [-0.3, -0.25) is 0 Å². The summed E-state index contributed by atoms with van der Waals surface area (Å²) in [4.78, 5) is 0. The molecule has 3 aromatic rings. The molecule has 1 saturated heterocycles. The molecule has 26 heavy (non-hydrogen) atoms. The van der Waals surface area contributed by atoms with Gasteiger partial charge in [0.15, 0.2) is 0 Å². The van der Waals surface area contributed by atoms with Crippen LogP contribution >= 0.6 is 0 Å². The topological polar surface area (TPSA) is 37.4 Å². The van der Waals surface area contributed by atoms with Gasteiger partial charge in [0, 0.05) is 5.56 Å². The monoisotopic (exact) mass is 344 g/mol. The minimum atomic E-state index is -0.163. The Kier molecular flexibility index (Phi) is 4.67. The summed E-state index contributed by atoms with van der Waals surface area (Å²) in [6.45, 7) is 1.99. The van der Waals surface area contributed by atoms with E-state index in [4.69, 9.17) is 14.6 Å². The lowest BCUT2D eigenvalue weighted by molar-refractivity contribution is 0.178. The molecule has 4 rings (SSSR count). The molecule has 4 nitrogen and oxygen atoms in total. The van der Waals surface area contributed by atoms with Crippen LogP contribution in [0.25, 0.3) is 0 Å². The number of hydrazone groups is 1. The first-order valence-electron chi connectivity index (χ1n) is 8.66. The Hall–Kier alpha value is -3.11. The minimum absolute atomic E-state index is 0.144. The van der Waals surface area contributed by atoms with Gasteiger partial charge in [-0.15, -0.1) is 0 Å². The quantitative estimate of drug-likeness (QED) is 0.359. The Morgan fingerprint density at radius 2 is 1.38 bits per heavy atom. The fourth-order valence-electron chi connectivity index (χ4n) is 2.65. The van der Waals surface area contributed by atoms with Crippen LogP contribution in [-0.4, -0.2) is 18.6 Å². The number of ether oxygens (including phenoxy) is 2. The van der Waals surface area contributed by atoms with Gasteiger partial charge in [0.2, 0.25) is 6.29 Å². The second-order valence-electron chi connectivity index (χ2n) is 6.09. The molecular formula is C22H20N2O2. The van der Waals surface area contributed by atoms with Crippen molar-refractivity contribution in [1.29, 1.82) is 0 Å². The van der Waals surface area contributed by atoms with Gasteiger partial charge in [-0.05, 0) is 43.3 Å². The molecule has 0 bridgehead atoms. The normalized spacial score (nSPS) is 18.7. The van der Waals surface area contributed by atoms with Crippen LogP contribution in [-0.2, 0) is 4.74 Å². The highest BCUT2D eigenvalue weighted by atomic mass is 16.8. The zero-order valence-corrected chi connectivity index (χ0v) is 14.5. The molecule has 2 atom stereocenters. The first-order chi connectivity index (χ1) is 12.8. The summed E-state index contributed by atoms with van der Waals surface area (Å²) in [5.74, 6) is 0.770. The van der Waals surface area contributed by atoms with Crippen LogP contribution in [0.2, 0.25) is 0 Å². The number of anilines is 2. The van der Waals surface area contributed by atoms with Crippen molar-refractivity contribution in [1.82, 2.24) is 0 Å². The predicted molar refractivity (Wildman–Crippen MR) is 104 cm³/mol. The number of benzene rings is 3. The summed E-state index contributed by atoms with van der Waals surface area (Å²) in [5, 5.41) is 6.64. The van der Waals surface area contributed by atoms with Gasteiger partial charge < -0.3 is 9.47 Å². The fourth-order valence-corrected chi connectivity index (χ4v) is 2.65. The van der Waals surface area contributed by atoms with Crippen LogP contribution in [0.5, 0.6) is 5.75 Å². The molecule has 1 fully saturated rings. The molecule has 0 aromatic heterocycles. The molecular weight excluding hydrogens is 324 g/mol. The molecule has 1 aliphatic heterocycles. The Bertz CT molecular complexity index is 841. The number of hydrogen-bond acceptors (Lipinski definition) is 4. The number of para-hydroxylation sites is 3. The molecule has 0 saturated carbocycles. The van der Waals surface area contributed by atoms with E-state index in [-0.39, 0.29) is 12.4 Å². The van der Waals surface area contributed by atoms with Crippen LogP contribution in [0, 0.1) is 0 Å². The van der Waals surface area contributed by atoms with Crippen molar-refractivity contribution in [2.45, 2.75) is 19.3 Å². The largest absolute Gasteiger partial charge is 0.461 e. The molecule has 4 heteroatoms. The van der Waals surface area contributed by atoms with Crippen LogP contribution < -0.4 is 9.75 Å². The lowest BCUT2D eigenvalue weighted by atomic mass is 10.2. The van der Waals surface area contributed by atoms with Gasteiger partial charge in [0.1, 0.15) is 11.9 Å².